The molecule has 2 fully saturated rings. The van der Waals surface area contributed by atoms with Gasteiger partial charge in [-0.05, 0) is 77.4 Å². The van der Waals surface area contributed by atoms with Crippen LogP contribution in [0.25, 0.3) is 0 Å². The van der Waals surface area contributed by atoms with Crippen molar-refractivity contribution in [2.75, 3.05) is 4.90 Å². The molecule has 0 N–H and O–H groups in total. The van der Waals surface area contributed by atoms with Crippen LogP contribution >= 0.6 is 34.2 Å². The van der Waals surface area contributed by atoms with Gasteiger partial charge in [0.05, 0.1) is 18.5 Å². The summed E-state index contributed by atoms with van der Waals surface area (Å²) < 4.78 is 1.03. The quantitative estimate of drug-likeness (QED) is 0.415. The lowest BCUT2D eigenvalue weighted by Gasteiger charge is -2.33. The summed E-state index contributed by atoms with van der Waals surface area (Å²) in [5.41, 5.74) is 1.41. The van der Waals surface area contributed by atoms with Gasteiger partial charge in [0.15, 0.2) is 0 Å². The number of carbonyl (C=O) groups is 3. The first-order chi connectivity index (χ1) is 14.4. The zero-order valence-electron chi connectivity index (χ0n) is 16.4. The monoisotopic (exact) mass is 536 g/mol. The Kier molecular flexibility index (Phi) is 6.43. The van der Waals surface area contributed by atoms with Crippen LogP contribution in [-0.4, -0.2) is 34.7 Å². The van der Waals surface area contributed by atoms with Gasteiger partial charge in [-0.2, -0.15) is 0 Å². The van der Waals surface area contributed by atoms with Gasteiger partial charge in [0.1, 0.15) is 6.04 Å². The predicted octanol–water partition coefficient (Wildman–Crippen LogP) is 4.59. The van der Waals surface area contributed by atoms with E-state index in [1.54, 1.807) is 29.2 Å². The zero-order chi connectivity index (χ0) is 21.3. The molecule has 0 spiro atoms. The third-order valence-corrected chi connectivity index (χ3v) is 6.79. The number of rotatable bonds is 5. The Labute approximate surface area is 194 Å². The van der Waals surface area contributed by atoms with Gasteiger partial charge >= 0.3 is 0 Å². The number of amides is 3. The van der Waals surface area contributed by atoms with Crippen LogP contribution in [0.5, 0.6) is 0 Å². The molecule has 1 saturated carbocycles. The molecule has 1 atom stereocenters. The Balaban J connectivity index is 1.59. The van der Waals surface area contributed by atoms with Crippen molar-refractivity contribution in [3.8, 4) is 0 Å². The van der Waals surface area contributed by atoms with E-state index in [2.05, 4.69) is 22.6 Å². The average Bonchev–Trinajstić information content (AvgIpc) is 3.34. The van der Waals surface area contributed by atoms with Crippen molar-refractivity contribution in [3.05, 3.63) is 62.7 Å². The van der Waals surface area contributed by atoms with E-state index < -0.39 is 6.04 Å². The number of halogens is 2. The van der Waals surface area contributed by atoms with Gasteiger partial charge in [0.25, 0.3) is 5.91 Å². The van der Waals surface area contributed by atoms with Crippen LogP contribution in [0, 0.1) is 3.57 Å². The predicted molar refractivity (Wildman–Crippen MR) is 124 cm³/mol. The van der Waals surface area contributed by atoms with Crippen LogP contribution in [0.4, 0.5) is 5.69 Å². The van der Waals surface area contributed by atoms with E-state index in [1.807, 2.05) is 24.3 Å². The molecular formula is C23H22ClIN2O3. The number of hydrogen-bond acceptors (Lipinski definition) is 3. The Morgan fingerprint density at radius 1 is 1.03 bits per heavy atom. The van der Waals surface area contributed by atoms with E-state index in [9.17, 15) is 14.4 Å². The molecule has 1 heterocycles. The molecular weight excluding hydrogens is 515 g/mol. The molecule has 156 valence electrons. The van der Waals surface area contributed by atoms with Crippen LogP contribution in [0.15, 0.2) is 48.5 Å². The molecule has 2 aliphatic rings. The number of benzene rings is 2. The number of imide groups is 1. The standard InChI is InChI=1S/C23H22ClIN2O3/c24-16-7-5-15(6-8-16)13-21(28)26(18-3-1-2-4-18)20-14-22(29)27(23(20)30)19-11-9-17(25)10-12-19/h5-12,18,20H,1-4,13-14H2. The molecule has 1 aliphatic heterocycles. The Bertz CT molecular complexity index is 955. The smallest absolute Gasteiger partial charge is 0.257 e. The topological polar surface area (TPSA) is 57.7 Å². The SMILES string of the molecule is O=C1CC(N(C(=O)Cc2ccc(Cl)cc2)C2CCCC2)C(=O)N1c1ccc(I)cc1. The molecule has 0 aromatic heterocycles. The lowest BCUT2D eigenvalue weighted by molar-refractivity contribution is -0.140. The fourth-order valence-corrected chi connectivity index (χ4v) is 4.86. The number of carbonyl (C=O) groups excluding carboxylic acids is 3. The van der Waals surface area contributed by atoms with Crippen molar-refractivity contribution < 1.29 is 14.4 Å². The summed E-state index contributed by atoms with van der Waals surface area (Å²) in [6, 6.07) is 13.7. The second-order valence-electron chi connectivity index (χ2n) is 7.81. The molecule has 0 bridgehead atoms. The highest BCUT2D eigenvalue weighted by Gasteiger charge is 2.46. The first-order valence-electron chi connectivity index (χ1n) is 10.1. The van der Waals surface area contributed by atoms with Crippen molar-refractivity contribution in [3.63, 3.8) is 0 Å². The van der Waals surface area contributed by atoms with Crippen LogP contribution in [0.1, 0.15) is 37.7 Å². The molecule has 4 rings (SSSR count). The Hall–Kier alpha value is -1.93. The van der Waals surface area contributed by atoms with E-state index >= 15 is 0 Å². The van der Waals surface area contributed by atoms with Gasteiger partial charge in [-0.15, -0.1) is 0 Å². The Morgan fingerprint density at radius 2 is 1.67 bits per heavy atom. The number of anilines is 1. The highest BCUT2D eigenvalue weighted by atomic mass is 127. The lowest BCUT2D eigenvalue weighted by atomic mass is 10.1. The fourth-order valence-electron chi connectivity index (χ4n) is 4.38. The van der Waals surface area contributed by atoms with E-state index in [4.69, 9.17) is 11.6 Å². The van der Waals surface area contributed by atoms with Gasteiger partial charge in [-0.1, -0.05) is 36.6 Å². The van der Waals surface area contributed by atoms with E-state index in [0.29, 0.717) is 10.7 Å². The molecule has 1 aliphatic carbocycles. The van der Waals surface area contributed by atoms with Crippen LogP contribution in [-0.2, 0) is 20.8 Å². The van der Waals surface area contributed by atoms with Crippen molar-refractivity contribution in [1.82, 2.24) is 4.90 Å². The largest absolute Gasteiger partial charge is 0.327 e. The molecule has 3 amide bonds. The maximum Gasteiger partial charge on any atom is 0.257 e. The highest BCUT2D eigenvalue weighted by molar-refractivity contribution is 14.1. The third kappa shape index (κ3) is 4.39. The summed E-state index contributed by atoms with van der Waals surface area (Å²) in [6.45, 7) is 0. The molecule has 5 nitrogen and oxygen atoms in total. The summed E-state index contributed by atoms with van der Waals surface area (Å²) in [5, 5.41) is 0.614. The summed E-state index contributed by atoms with van der Waals surface area (Å²) >= 11 is 8.14. The highest BCUT2D eigenvalue weighted by Crippen LogP contribution is 2.32. The van der Waals surface area contributed by atoms with E-state index in [1.165, 1.54) is 4.90 Å². The van der Waals surface area contributed by atoms with Gasteiger partial charge in [0.2, 0.25) is 11.8 Å². The van der Waals surface area contributed by atoms with E-state index in [0.717, 1.165) is 34.8 Å². The normalized spacial score (nSPS) is 19.5. The molecule has 1 unspecified atom stereocenters. The summed E-state index contributed by atoms with van der Waals surface area (Å²) in [4.78, 5) is 42.3. The first kappa shape index (κ1) is 21.3. The van der Waals surface area contributed by atoms with Crippen molar-refractivity contribution >= 4 is 57.6 Å². The van der Waals surface area contributed by atoms with Crippen molar-refractivity contribution in [2.45, 2.75) is 50.6 Å². The van der Waals surface area contributed by atoms with Crippen molar-refractivity contribution in [1.29, 1.82) is 0 Å². The van der Waals surface area contributed by atoms with Crippen LogP contribution in [0.2, 0.25) is 5.02 Å². The maximum atomic E-state index is 13.3. The summed E-state index contributed by atoms with van der Waals surface area (Å²) in [7, 11) is 0. The maximum absolute atomic E-state index is 13.3. The third-order valence-electron chi connectivity index (χ3n) is 5.82. The van der Waals surface area contributed by atoms with Crippen LogP contribution in [0.3, 0.4) is 0 Å². The van der Waals surface area contributed by atoms with E-state index in [-0.39, 0.29) is 36.6 Å². The van der Waals surface area contributed by atoms with Crippen LogP contribution < -0.4 is 4.90 Å². The van der Waals surface area contributed by atoms with Gasteiger partial charge < -0.3 is 4.90 Å². The minimum Gasteiger partial charge on any atom is -0.327 e. The second-order valence-corrected chi connectivity index (χ2v) is 9.49. The minimum absolute atomic E-state index is 0.00298. The molecule has 7 heteroatoms. The Morgan fingerprint density at radius 3 is 2.30 bits per heavy atom. The average molecular weight is 537 g/mol. The molecule has 0 radical (unpaired) electrons. The molecule has 2 aromatic carbocycles. The lowest BCUT2D eigenvalue weighted by Crippen LogP contribution is -2.50. The summed E-state index contributed by atoms with van der Waals surface area (Å²) in [6.07, 6.45) is 4.03. The molecule has 30 heavy (non-hydrogen) atoms. The zero-order valence-corrected chi connectivity index (χ0v) is 19.3. The van der Waals surface area contributed by atoms with Gasteiger partial charge in [-0.3, -0.25) is 14.4 Å². The molecule has 2 aromatic rings. The minimum atomic E-state index is -0.736. The number of nitrogens with zero attached hydrogens (tertiary/aromatic N) is 2. The number of hydrogen-bond donors (Lipinski definition) is 0. The first-order valence-corrected chi connectivity index (χ1v) is 11.6. The van der Waals surface area contributed by atoms with Crippen molar-refractivity contribution in [2.24, 2.45) is 0 Å². The second kappa shape index (κ2) is 9.06. The molecule has 1 saturated heterocycles. The van der Waals surface area contributed by atoms with Gasteiger partial charge in [-0.25, -0.2) is 4.90 Å². The summed E-state index contributed by atoms with van der Waals surface area (Å²) in [5.74, 6) is -0.675. The van der Waals surface area contributed by atoms with Gasteiger partial charge in [0, 0.05) is 14.6 Å². The fraction of sp³-hybridized carbons (Fsp3) is 0.348.